The number of esters is 1. The Morgan fingerprint density at radius 1 is 1.09 bits per heavy atom. The van der Waals surface area contributed by atoms with Gasteiger partial charge in [-0.3, -0.25) is 14.6 Å². The molecule has 0 saturated heterocycles. The summed E-state index contributed by atoms with van der Waals surface area (Å²) in [6.07, 6.45) is 4.28. The van der Waals surface area contributed by atoms with Crippen LogP contribution in [0.2, 0.25) is 0 Å². The van der Waals surface area contributed by atoms with Crippen molar-refractivity contribution in [2.24, 2.45) is 39.9 Å². The van der Waals surface area contributed by atoms with E-state index in [4.69, 9.17) is 21.9 Å². The maximum atomic E-state index is 13.0. The molecule has 1 atom stereocenters. The highest BCUT2D eigenvalue weighted by Gasteiger charge is 2.29. The van der Waals surface area contributed by atoms with Crippen LogP contribution in [0.4, 0.5) is 5.69 Å². The number of amides is 2. The summed E-state index contributed by atoms with van der Waals surface area (Å²) < 4.78 is 5.23. The van der Waals surface area contributed by atoms with E-state index in [0.717, 1.165) is 25.7 Å². The molecule has 1 aliphatic rings. The lowest BCUT2D eigenvalue weighted by atomic mass is 9.81. The summed E-state index contributed by atoms with van der Waals surface area (Å²) in [5.41, 5.74) is 17.4. The smallest absolute Gasteiger partial charge is 0.338 e. The van der Waals surface area contributed by atoms with E-state index in [-0.39, 0.29) is 29.6 Å². The van der Waals surface area contributed by atoms with Gasteiger partial charge in [0.2, 0.25) is 11.8 Å². The summed E-state index contributed by atoms with van der Waals surface area (Å²) in [5.74, 6) is -0.304. The Balaban J connectivity index is 1.99. The predicted octanol–water partition coefficient (Wildman–Crippen LogP) is 1.74. The number of carbonyl (C=O) groups excluding carboxylic acids is 3. The normalized spacial score (nSPS) is 18.4. The largest absolute Gasteiger partial charge is 0.462 e. The van der Waals surface area contributed by atoms with E-state index >= 15 is 0 Å². The van der Waals surface area contributed by atoms with Gasteiger partial charge in [0.25, 0.3) is 0 Å². The second-order valence-corrected chi connectivity index (χ2v) is 9.52. The number of rotatable bonds is 12. The summed E-state index contributed by atoms with van der Waals surface area (Å²) in [6, 6.07) is 5.73. The van der Waals surface area contributed by atoms with Crippen LogP contribution < -0.4 is 27.8 Å². The van der Waals surface area contributed by atoms with E-state index in [1.54, 1.807) is 24.3 Å². The lowest BCUT2D eigenvalue weighted by Crippen LogP contribution is -2.46. The van der Waals surface area contributed by atoms with Gasteiger partial charge in [0.05, 0.1) is 12.2 Å². The van der Waals surface area contributed by atoms with E-state index in [0.29, 0.717) is 49.7 Å². The van der Waals surface area contributed by atoms with Crippen LogP contribution in [0.15, 0.2) is 29.3 Å². The Hall–Kier alpha value is -3.14. The summed E-state index contributed by atoms with van der Waals surface area (Å²) >= 11 is 0. The minimum Gasteiger partial charge on any atom is -0.462 e. The van der Waals surface area contributed by atoms with Crippen molar-refractivity contribution < 1.29 is 19.1 Å². The van der Waals surface area contributed by atoms with E-state index in [9.17, 15) is 14.4 Å². The molecule has 0 aliphatic heterocycles. The fourth-order valence-electron chi connectivity index (χ4n) is 3.97. The molecule has 0 heterocycles. The number of nitrogens with zero attached hydrogens (tertiary/aromatic N) is 1. The van der Waals surface area contributed by atoms with Crippen LogP contribution >= 0.6 is 0 Å². The van der Waals surface area contributed by atoms with Crippen LogP contribution in [-0.4, -0.2) is 49.5 Å². The highest BCUT2D eigenvalue weighted by Crippen LogP contribution is 2.28. The third kappa shape index (κ3) is 9.94. The molecular weight excluding hydrogens is 448 g/mol. The Bertz CT molecular complexity index is 859. The Labute approximate surface area is 207 Å². The Morgan fingerprint density at radius 3 is 2.31 bits per heavy atom. The van der Waals surface area contributed by atoms with E-state index in [1.807, 2.05) is 13.8 Å². The number of hydrogen-bond donors (Lipinski definition) is 5. The van der Waals surface area contributed by atoms with Crippen molar-refractivity contribution in [2.75, 3.05) is 25.0 Å². The number of hydrogen-bond acceptors (Lipinski definition) is 6. The van der Waals surface area contributed by atoms with Gasteiger partial charge in [0.15, 0.2) is 5.96 Å². The molecule has 1 aromatic carbocycles. The molecule has 0 spiro atoms. The first-order chi connectivity index (χ1) is 16.7. The van der Waals surface area contributed by atoms with Crippen molar-refractivity contribution >= 4 is 29.4 Å². The third-order valence-corrected chi connectivity index (χ3v) is 6.07. The highest BCUT2D eigenvalue weighted by molar-refractivity contribution is 5.98. The van der Waals surface area contributed by atoms with Gasteiger partial charge < -0.3 is 32.6 Å². The van der Waals surface area contributed by atoms with Gasteiger partial charge in [-0.2, -0.15) is 0 Å². The minimum absolute atomic E-state index is 0.0151. The minimum atomic E-state index is -0.736. The SMILES string of the molecule is CC(C)COC(=O)c1ccc(NC(=O)[C@H](CCCN=C(N)N)NC(=O)C2CCC(CN)CC2)cc1. The van der Waals surface area contributed by atoms with Gasteiger partial charge >= 0.3 is 5.97 Å². The van der Waals surface area contributed by atoms with Crippen LogP contribution in [0.5, 0.6) is 0 Å². The first-order valence-electron chi connectivity index (χ1n) is 12.3. The van der Waals surface area contributed by atoms with E-state index in [1.165, 1.54) is 0 Å². The van der Waals surface area contributed by atoms with Crippen molar-refractivity contribution in [1.29, 1.82) is 0 Å². The number of aliphatic imine (C=N–C) groups is 1. The molecule has 2 amide bonds. The molecule has 1 saturated carbocycles. The van der Waals surface area contributed by atoms with Crippen LogP contribution in [0, 0.1) is 17.8 Å². The second-order valence-electron chi connectivity index (χ2n) is 9.52. The summed E-state index contributed by atoms with van der Waals surface area (Å²) in [6.45, 7) is 5.26. The quantitative estimate of drug-likeness (QED) is 0.129. The maximum Gasteiger partial charge on any atom is 0.338 e. The number of nitrogens with one attached hydrogen (secondary N) is 2. The molecular formula is C25H40N6O4. The predicted molar refractivity (Wildman–Crippen MR) is 137 cm³/mol. The van der Waals surface area contributed by atoms with Crippen LogP contribution in [0.25, 0.3) is 0 Å². The summed E-state index contributed by atoms with van der Waals surface area (Å²) in [5, 5.41) is 5.74. The molecule has 0 bridgehead atoms. The third-order valence-electron chi connectivity index (χ3n) is 6.07. The van der Waals surface area contributed by atoms with Gasteiger partial charge in [0.1, 0.15) is 6.04 Å². The Kier molecular flexibility index (Phi) is 11.5. The molecule has 1 aromatic rings. The van der Waals surface area contributed by atoms with Crippen molar-refractivity contribution in [1.82, 2.24) is 5.32 Å². The molecule has 10 heteroatoms. The van der Waals surface area contributed by atoms with Crippen LogP contribution in [-0.2, 0) is 14.3 Å². The standard InChI is InChI=1S/C25H40N6O4/c1-16(2)15-35-24(34)19-9-11-20(12-10-19)30-23(33)21(4-3-13-29-25(27)28)31-22(32)18-7-5-17(14-26)6-8-18/h9-12,16-18,21H,3-8,13-15,26H2,1-2H3,(H,30,33)(H,31,32)(H4,27,28,29)/t17?,18?,21-/m0/s1. The van der Waals surface area contributed by atoms with Gasteiger partial charge in [0, 0.05) is 18.2 Å². The average Bonchev–Trinajstić information content (AvgIpc) is 2.84. The molecule has 8 N–H and O–H groups in total. The molecule has 2 rings (SSSR count). The zero-order valence-electron chi connectivity index (χ0n) is 20.8. The van der Waals surface area contributed by atoms with Crippen LogP contribution in [0.1, 0.15) is 62.7 Å². The zero-order chi connectivity index (χ0) is 25.8. The van der Waals surface area contributed by atoms with E-state index in [2.05, 4.69) is 15.6 Å². The summed E-state index contributed by atoms with van der Waals surface area (Å²) in [4.78, 5) is 42.0. The lowest BCUT2D eigenvalue weighted by Gasteiger charge is -2.28. The number of anilines is 1. The zero-order valence-corrected chi connectivity index (χ0v) is 20.8. The first-order valence-corrected chi connectivity index (χ1v) is 12.3. The number of ether oxygens (including phenoxy) is 1. The molecule has 0 unspecified atom stereocenters. The number of benzene rings is 1. The molecule has 35 heavy (non-hydrogen) atoms. The van der Waals surface area contributed by atoms with Crippen LogP contribution in [0.3, 0.4) is 0 Å². The summed E-state index contributed by atoms with van der Waals surface area (Å²) in [7, 11) is 0. The molecule has 1 fully saturated rings. The Morgan fingerprint density at radius 2 is 1.74 bits per heavy atom. The van der Waals surface area contributed by atoms with E-state index < -0.39 is 12.0 Å². The molecule has 10 nitrogen and oxygen atoms in total. The van der Waals surface area contributed by atoms with Gasteiger partial charge in [-0.05, 0) is 81.2 Å². The monoisotopic (exact) mass is 488 g/mol. The average molecular weight is 489 g/mol. The fraction of sp³-hybridized carbons (Fsp3) is 0.600. The number of guanidine groups is 1. The van der Waals surface area contributed by atoms with Crippen molar-refractivity contribution in [3.05, 3.63) is 29.8 Å². The lowest BCUT2D eigenvalue weighted by molar-refractivity contribution is -0.130. The fourth-order valence-corrected chi connectivity index (χ4v) is 3.97. The van der Waals surface area contributed by atoms with Gasteiger partial charge in [-0.1, -0.05) is 13.8 Å². The highest BCUT2D eigenvalue weighted by atomic mass is 16.5. The molecule has 0 radical (unpaired) electrons. The second kappa shape index (κ2) is 14.3. The van der Waals surface area contributed by atoms with Gasteiger partial charge in [-0.15, -0.1) is 0 Å². The molecule has 1 aliphatic carbocycles. The topological polar surface area (TPSA) is 175 Å². The molecule has 194 valence electrons. The molecule has 0 aromatic heterocycles. The van der Waals surface area contributed by atoms with Crippen molar-refractivity contribution in [2.45, 2.75) is 58.4 Å². The number of carbonyl (C=O) groups is 3. The van der Waals surface area contributed by atoms with Gasteiger partial charge in [-0.25, -0.2) is 4.79 Å². The van der Waals surface area contributed by atoms with Crippen molar-refractivity contribution in [3.8, 4) is 0 Å². The van der Waals surface area contributed by atoms with Crippen molar-refractivity contribution in [3.63, 3.8) is 0 Å². The first kappa shape index (κ1) is 28.1. The number of nitrogens with two attached hydrogens (primary N) is 3. The maximum absolute atomic E-state index is 13.0.